The fourth-order valence-electron chi connectivity index (χ4n) is 3.54. The summed E-state index contributed by atoms with van der Waals surface area (Å²) in [5.74, 6) is 1.79. The van der Waals surface area contributed by atoms with Gasteiger partial charge >= 0.3 is 0 Å². The Bertz CT molecular complexity index is 975. The quantitative estimate of drug-likeness (QED) is 0.691. The minimum atomic E-state index is 0.509. The smallest absolute Gasteiger partial charge is 0.247 e. The standard InChI is InChI=1S/C21H25N7/c1-4-28-20(15(2)18-13-23-27(3)14-18)25-21(26-28)24-19-7-5-16(6-8-19)17-9-11-22-12-10-17/h4-8,13-14,17,22H,1-2,9-12H2,3H3,(H,24,26). The van der Waals surface area contributed by atoms with E-state index in [1.165, 1.54) is 18.4 Å². The average molecular weight is 375 g/mol. The Labute approximate surface area is 164 Å². The summed E-state index contributed by atoms with van der Waals surface area (Å²) >= 11 is 0. The van der Waals surface area contributed by atoms with Gasteiger partial charge in [-0.05, 0) is 49.5 Å². The second kappa shape index (κ2) is 7.82. The van der Waals surface area contributed by atoms with Gasteiger partial charge in [-0.15, -0.1) is 5.10 Å². The van der Waals surface area contributed by atoms with Gasteiger partial charge in [-0.25, -0.2) is 4.68 Å². The maximum absolute atomic E-state index is 4.60. The molecule has 4 rings (SSSR count). The summed E-state index contributed by atoms with van der Waals surface area (Å²) in [4.78, 5) is 4.60. The third-order valence-electron chi connectivity index (χ3n) is 5.10. The molecule has 0 amide bonds. The Kier molecular flexibility index (Phi) is 5.08. The van der Waals surface area contributed by atoms with E-state index in [1.807, 2.05) is 13.2 Å². The molecule has 3 aromatic rings. The Balaban J connectivity index is 1.51. The van der Waals surface area contributed by atoms with Crippen LogP contribution in [0.1, 0.15) is 35.7 Å². The number of rotatable bonds is 6. The van der Waals surface area contributed by atoms with E-state index in [1.54, 1.807) is 21.8 Å². The van der Waals surface area contributed by atoms with Gasteiger partial charge in [-0.2, -0.15) is 10.1 Å². The summed E-state index contributed by atoms with van der Waals surface area (Å²) in [5, 5.41) is 15.4. The van der Waals surface area contributed by atoms with Crippen molar-refractivity contribution in [2.75, 3.05) is 18.4 Å². The topological polar surface area (TPSA) is 72.6 Å². The van der Waals surface area contributed by atoms with Gasteiger partial charge in [0.1, 0.15) is 0 Å². The SMILES string of the molecule is C=Cn1nc(Nc2ccc(C3CCNCC3)cc2)nc1C(=C)c1cnn(C)c1. The molecule has 7 heteroatoms. The number of hydrogen-bond acceptors (Lipinski definition) is 5. The molecule has 0 saturated carbocycles. The first-order chi connectivity index (χ1) is 13.6. The predicted molar refractivity (Wildman–Crippen MR) is 112 cm³/mol. The lowest BCUT2D eigenvalue weighted by Gasteiger charge is -2.23. The molecule has 0 unspecified atom stereocenters. The molecule has 0 spiro atoms. The molecule has 1 aromatic carbocycles. The molecule has 1 aliphatic heterocycles. The van der Waals surface area contributed by atoms with Crippen molar-refractivity contribution in [1.29, 1.82) is 0 Å². The molecule has 2 N–H and O–H groups in total. The summed E-state index contributed by atoms with van der Waals surface area (Å²) in [7, 11) is 1.87. The Hall–Kier alpha value is -3.19. The molecule has 3 heterocycles. The monoisotopic (exact) mass is 375 g/mol. The van der Waals surface area contributed by atoms with Crippen LogP contribution in [0, 0.1) is 0 Å². The first-order valence-electron chi connectivity index (χ1n) is 9.49. The van der Waals surface area contributed by atoms with Crippen LogP contribution in [-0.2, 0) is 7.05 Å². The second-order valence-corrected chi connectivity index (χ2v) is 7.04. The largest absolute Gasteiger partial charge is 0.323 e. The summed E-state index contributed by atoms with van der Waals surface area (Å²) in [6, 6.07) is 8.56. The van der Waals surface area contributed by atoms with E-state index in [-0.39, 0.29) is 0 Å². The molecule has 1 saturated heterocycles. The second-order valence-electron chi connectivity index (χ2n) is 7.04. The fraction of sp³-hybridized carbons (Fsp3) is 0.286. The van der Waals surface area contributed by atoms with Crippen molar-refractivity contribution >= 4 is 23.4 Å². The van der Waals surface area contributed by atoms with Crippen LogP contribution in [0.15, 0.2) is 49.8 Å². The molecule has 0 radical (unpaired) electrons. The van der Waals surface area contributed by atoms with Crippen LogP contribution in [0.4, 0.5) is 11.6 Å². The highest BCUT2D eigenvalue weighted by atomic mass is 15.4. The molecule has 1 fully saturated rings. The van der Waals surface area contributed by atoms with Crippen LogP contribution < -0.4 is 10.6 Å². The Morgan fingerprint density at radius 3 is 2.64 bits per heavy atom. The molecule has 0 atom stereocenters. The van der Waals surface area contributed by atoms with Crippen molar-refractivity contribution in [3.8, 4) is 0 Å². The van der Waals surface area contributed by atoms with Crippen LogP contribution >= 0.6 is 0 Å². The van der Waals surface area contributed by atoms with E-state index >= 15 is 0 Å². The maximum atomic E-state index is 4.60. The van der Waals surface area contributed by atoms with E-state index in [0.29, 0.717) is 17.7 Å². The Morgan fingerprint density at radius 1 is 1.25 bits per heavy atom. The highest BCUT2D eigenvalue weighted by Gasteiger charge is 2.16. The lowest BCUT2D eigenvalue weighted by Crippen LogP contribution is -2.26. The number of piperidine rings is 1. The Morgan fingerprint density at radius 2 is 2.00 bits per heavy atom. The number of aromatic nitrogens is 5. The normalized spacial score (nSPS) is 14.8. The van der Waals surface area contributed by atoms with Crippen LogP contribution in [0.25, 0.3) is 11.8 Å². The number of nitrogens with one attached hydrogen (secondary N) is 2. The van der Waals surface area contributed by atoms with Crippen molar-refractivity contribution in [3.05, 3.63) is 66.8 Å². The number of anilines is 2. The lowest BCUT2D eigenvalue weighted by atomic mass is 9.90. The van der Waals surface area contributed by atoms with Crippen molar-refractivity contribution in [2.45, 2.75) is 18.8 Å². The highest BCUT2D eigenvalue weighted by molar-refractivity contribution is 5.75. The molecule has 2 aromatic heterocycles. The number of benzene rings is 1. The summed E-state index contributed by atoms with van der Waals surface area (Å²) < 4.78 is 3.36. The maximum Gasteiger partial charge on any atom is 0.247 e. The zero-order chi connectivity index (χ0) is 19.5. The van der Waals surface area contributed by atoms with Gasteiger partial charge in [0.2, 0.25) is 5.95 Å². The molecule has 0 bridgehead atoms. The third-order valence-corrected chi connectivity index (χ3v) is 5.10. The lowest BCUT2D eigenvalue weighted by molar-refractivity contribution is 0.460. The molecular weight excluding hydrogens is 350 g/mol. The van der Waals surface area contributed by atoms with Crippen LogP contribution in [0.5, 0.6) is 0 Å². The highest BCUT2D eigenvalue weighted by Crippen LogP contribution is 2.27. The molecule has 1 aliphatic rings. The van der Waals surface area contributed by atoms with E-state index in [4.69, 9.17) is 0 Å². The number of nitrogens with zero attached hydrogens (tertiary/aromatic N) is 5. The van der Waals surface area contributed by atoms with E-state index in [0.717, 1.165) is 29.9 Å². The number of aryl methyl sites for hydroxylation is 1. The zero-order valence-corrected chi connectivity index (χ0v) is 16.1. The van der Waals surface area contributed by atoms with Gasteiger partial charge < -0.3 is 10.6 Å². The molecule has 28 heavy (non-hydrogen) atoms. The van der Waals surface area contributed by atoms with Crippen molar-refractivity contribution in [1.82, 2.24) is 29.9 Å². The van der Waals surface area contributed by atoms with Gasteiger partial charge in [-0.3, -0.25) is 4.68 Å². The molecule has 7 nitrogen and oxygen atoms in total. The predicted octanol–water partition coefficient (Wildman–Crippen LogP) is 3.38. The first-order valence-corrected chi connectivity index (χ1v) is 9.49. The van der Waals surface area contributed by atoms with Crippen molar-refractivity contribution in [2.24, 2.45) is 7.05 Å². The van der Waals surface area contributed by atoms with E-state index in [2.05, 4.69) is 63.2 Å². The van der Waals surface area contributed by atoms with Crippen LogP contribution in [0.2, 0.25) is 0 Å². The van der Waals surface area contributed by atoms with Crippen molar-refractivity contribution in [3.63, 3.8) is 0 Å². The van der Waals surface area contributed by atoms with Crippen LogP contribution in [-0.4, -0.2) is 37.6 Å². The molecular formula is C21H25N7. The minimum absolute atomic E-state index is 0.509. The van der Waals surface area contributed by atoms with E-state index in [9.17, 15) is 0 Å². The summed E-state index contributed by atoms with van der Waals surface area (Å²) in [5.41, 5.74) is 3.99. The van der Waals surface area contributed by atoms with Gasteiger partial charge in [0.25, 0.3) is 0 Å². The zero-order valence-electron chi connectivity index (χ0n) is 16.1. The average Bonchev–Trinajstić information content (AvgIpc) is 3.35. The van der Waals surface area contributed by atoms with Gasteiger partial charge in [0.15, 0.2) is 5.82 Å². The molecule has 0 aliphatic carbocycles. The summed E-state index contributed by atoms with van der Waals surface area (Å²) in [6.07, 6.45) is 7.67. The summed E-state index contributed by atoms with van der Waals surface area (Å²) in [6.45, 7) is 10.2. The third kappa shape index (κ3) is 3.75. The van der Waals surface area contributed by atoms with Gasteiger partial charge in [-0.1, -0.05) is 25.3 Å². The number of hydrogen-bond donors (Lipinski definition) is 2. The fourth-order valence-corrected chi connectivity index (χ4v) is 3.54. The van der Waals surface area contributed by atoms with Gasteiger partial charge in [0.05, 0.1) is 6.20 Å². The van der Waals surface area contributed by atoms with Gasteiger partial charge in [0, 0.05) is 36.3 Å². The minimum Gasteiger partial charge on any atom is -0.323 e. The molecule has 144 valence electrons. The van der Waals surface area contributed by atoms with E-state index < -0.39 is 0 Å². The van der Waals surface area contributed by atoms with Crippen molar-refractivity contribution < 1.29 is 0 Å². The van der Waals surface area contributed by atoms with Crippen LogP contribution in [0.3, 0.4) is 0 Å². The first kappa shape index (κ1) is 18.2.